The molecular formula is C12H9F3O4. The number of hydrogen-bond donors (Lipinski definition) is 1. The highest BCUT2D eigenvalue weighted by Crippen LogP contribution is 2.32. The molecule has 1 N–H and O–H groups in total. The number of carbonyl (C=O) groups excluding carboxylic acids is 1. The van der Waals surface area contributed by atoms with Gasteiger partial charge in [0, 0.05) is 11.6 Å². The Balaban J connectivity index is 2.27. The summed E-state index contributed by atoms with van der Waals surface area (Å²) in [7, 11) is 0. The number of fused-ring (bicyclic) bond motifs is 1. The van der Waals surface area contributed by atoms with Crippen LogP contribution in [0.15, 0.2) is 24.3 Å². The molecule has 1 aliphatic rings. The molecule has 0 radical (unpaired) electrons. The first-order valence-electron chi connectivity index (χ1n) is 5.30. The Morgan fingerprint density at radius 1 is 1.21 bits per heavy atom. The number of ketones is 1. The van der Waals surface area contributed by atoms with Crippen LogP contribution in [0.3, 0.4) is 0 Å². The SMILES string of the molecule is O=C(/C=C(\O)c1ccc2c(c1)OCCO2)C(F)(F)F. The van der Waals surface area contributed by atoms with Gasteiger partial charge in [0.25, 0.3) is 5.78 Å². The number of benzene rings is 1. The molecular weight excluding hydrogens is 265 g/mol. The number of carbonyl (C=O) groups is 1. The number of hydrogen-bond acceptors (Lipinski definition) is 4. The first-order chi connectivity index (χ1) is 8.88. The van der Waals surface area contributed by atoms with E-state index in [9.17, 15) is 23.1 Å². The standard InChI is InChI=1S/C12H9F3O4/c13-12(14,15)11(17)6-8(16)7-1-2-9-10(5-7)19-4-3-18-9/h1-2,5-6,16H,3-4H2/b8-6-. The van der Waals surface area contributed by atoms with E-state index >= 15 is 0 Å². The molecule has 0 fully saturated rings. The first kappa shape index (κ1) is 13.3. The summed E-state index contributed by atoms with van der Waals surface area (Å²) in [5.41, 5.74) is 0.0434. The van der Waals surface area contributed by atoms with E-state index in [-0.39, 0.29) is 11.6 Å². The van der Waals surface area contributed by atoms with Crippen LogP contribution in [0.25, 0.3) is 5.76 Å². The fraction of sp³-hybridized carbons (Fsp3) is 0.250. The van der Waals surface area contributed by atoms with Gasteiger partial charge in [0.15, 0.2) is 11.5 Å². The van der Waals surface area contributed by atoms with E-state index in [1.807, 2.05) is 0 Å². The van der Waals surface area contributed by atoms with Crippen LogP contribution in [0.2, 0.25) is 0 Å². The average molecular weight is 274 g/mol. The van der Waals surface area contributed by atoms with E-state index in [1.165, 1.54) is 18.2 Å². The minimum absolute atomic E-state index is 0.0434. The molecule has 0 unspecified atom stereocenters. The molecule has 1 aromatic carbocycles. The van der Waals surface area contributed by atoms with E-state index < -0.39 is 17.7 Å². The second kappa shape index (κ2) is 4.83. The molecule has 102 valence electrons. The molecule has 0 atom stereocenters. The van der Waals surface area contributed by atoms with Crippen molar-refractivity contribution in [2.75, 3.05) is 13.2 Å². The number of alkyl halides is 3. The van der Waals surface area contributed by atoms with E-state index in [2.05, 4.69) is 0 Å². The van der Waals surface area contributed by atoms with Gasteiger partial charge >= 0.3 is 6.18 Å². The summed E-state index contributed by atoms with van der Waals surface area (Å²) >= 11 is 0. The highest BCUT2D eigenvalue weighted by Gasteiger charge is 2.37. The van der Waals surface area contributed by atoms with Crippen LogP contribution in [0.1, 0.15) is 5.56 Å². The summed E-state index contributed by atoms with van der Waals surface area (Å²) in [6.45, 7) is 0.684. The summed E-state index contributed by atoms with van der Waals surface area (Å²) in [6, 6.07) is 4.10. The van der Waals surface area contributed by atoms with Gasteiger partial charge in [0.1, 0.15) is 19.0 Å². The number of halogens is 3. The molecule has 4 nitrogen and oxygen atoms in total. The lowest BCUT2D eigenvalue weighted by Gasteiger charge is -2.18. The van der Waals surface area contributed by atoms with Gasteiger partial charge < -0.3 is 14.6 Å². The smallest absolute Gasteiger partial charge is 0.454 e. The van der Waals surface area contributed by atoms with Crippen molar-refractivity contribution >= 4 is 11.5 Å². The number of aliphatic hydroxyl groups is 1. The lowest BCUT2D eigenvalue weighted by atomic mass is 10.1. The summed E-state index contributed by atoms with van der Waals surface area (Å²) in [4.78, 5) is 10.7. The Labute approximate surface area is 106 Å². The maximum absolute atomic E-state index is 12.0. The van der Waals surface area contributed by atoms with Crippen molar-refractivity contribution in [1.82, 2.24) is 0 Å². The van der Waals surface area contributed by atoms with Gasteiger partial charge in [-0.25, -0.2) is 0 Å². The van der Waals surface area contributed by atoms with Crippen LogP contribution in [0.5, 0.6) is 11.5 Å². The van der Waals surface area contributed by atoms with Crippen molar-refractivity contribution in [3.63, 3.8) is 0 Å². The summed E-state index contributed by atoms with van der Waals surface area (Å²) in [5, 5.41) is 9.50. The summed E-state index contributed by atoms with van der Waals surface area (Å²) in [6.07, 6.45) is -4.88. The van der Waals surface area contributed by atoms with Gasteiger partial charge in [-0.05, 0) is 18.2 Å². The van der Waals surface area contributed by atoms with Crippen LogP contribution in [0, 0.1) is 0 Å². The minimum Gasteiger partial charge on any atom is -0.507 e. The predicted molar refractivity (Wildman–Crippen MR) is 59.1 cm³/mol. The largest absolute Gasteiger partial charge is 0.507 e. The molecule has 0 saturated heterocycles. The summed E-state index contributed by atoms with van der Waals surface area (Å²) < 4.78 is 46.6. The van der Waals surface area contributed by atoms with Crippen LogP contribution in [-0.2, 0) is 4.79 Å². The molecule has 1 aliphatic heterocycles. The van der Waals surface area contributed by atoms with E-state index in [0.717, 1.165) is 0 Å². The molecule has 2 rings (SSSR count). The molecule has 0 aromatic heterocycles. The topological polar surface area (TPSA) is 55.8 Å². The summed E-state index contributed by atoms with van der Waals surface area (Å²) in [5.74, 6) is -2.16. The van der Waals surface area contributed by atoms with Crippen molar-refractivity contribution in [2.45, 2.75) is 6.18 Å². The van der Waals surface area contributed by atoms with Crippen molar-refractivity contribution in [1.29, 1.82) is 0 Å². The molecule has 7 heteroatoms. The van der Waals surface area contributed by atoms with Gasteiger partial charge in [0.05, 0.1) is 0 Å². The molecule has 1 heterocycles. The van der Waals surface area contributed by atoms with Crippen molar-refractivity contribution in [2.24, 2.45) is 0 Å². The third kappa shape index (κ3) is 2.98. The monoisotopic (exact) mass is 274 g/mol. The number of rotatable bonds is 2. The molecule has 0 bridgehead atoms. The highest BCUT2D eigenvalue weighted by molar-refractivity contribution is 5.99. The van der Waals surface area contributed by atoms with Crippen molar-refractivity contribution in [3.8, 4) is 11.5 Å². The quantitative estimate of drug-likeness (QED) is 0.665. The Kier molecular flexibility index (Phi) is 3.37. The fourth-order valence-electron chi connectivity index (χ4n) is 1.49. The van der Waals surface area contributed by atoms with E-state index in [4.69, 9.17) is 9.47 Å². The second-order valence-corrected chi connectivity index (χ2v) is 3.75. The lowest BCUT2D eigenvalue weighted by molar-refractivity contribution is -0.165. The minimum atomic E-state index is -5.01. The van der Waals surface area contributed by atoms with E-state index in [0.29, 0.717) is 24.7 Å². The zero-order chi connectivity index (χ0) is 14.0. The number of allylic oxidation sites excluding steroid dienone is 1. The zero-order valence-corrected chi connectivity index (χ0v) is 9.53. The van der Waals surface area contributed by atoms with Crippen LogP contribution in [0.4, 0.5) is 13.2 Å². The fourth-order valence-corrected chi connectivity index (χ4v) is 1.49. The molecule has 0 saturated carbocycles. The predicted octanol–water partition coefficient (Wildman–Crippen LogP) is 2.49. The first-order valence-corrected chi connectivity index (χ1v) is 5.30. The Hall–Kier alpha value is -2.18. The number of ether oxygens (including phenoxy) is 2. The molecule has 0 spiro atoms. The van der Waals surface area contributed by atoms with Crippen LogP contribution < -0.4 is 9.47 Å². The van der Waals surface area contributed by atoms with Gasteiger partial charge in [-0.15, -0.1) is 0 Å². The van der Waals surface area contributed by atoms with E-state index in [1.54, 1.807) is 0 Å². The van der Waals surface area contributed by atoms with Crippen molar-refractivity contribution < 1.29 is 32.5 Å². The third-order valence-electron chi connectivity index (χ3n) is 2.39. The van der Waals surface area contributed by atoms with Gasteiger partial charge in [-0.1, -0.05) is 0 Å². The Bertz CT molecular complexity index is 534. The maximum Gasteiger partial charge on any atom is 0.454 e. The van der Waals surface area contributed by atoms with Gasteiger partial charge in [-0.2, -0.15) is 13.2 Å². The third-order valence-corrected chi connectivity index (χ3v) is 2.39. The molecule has 19 heavy (non-hydrogen) atoms. The molecule has 0 aliphatic carbocycles. The highest BCUT2D eigenvalue weighted by atomic mass is 19.4. The van der Waals surface area contributed by atoms with Crippen molar-refractivity contribution in [3.05, 3.63) is 29.8 Å². The van der Waals surface area contributed by atoms with Gasteiger partial charge in [0.2, 0.25) is 0 Å². The van der Waals surface area contributed by atoms with Crippen LogP contribution in [-0.4, -0.2) is 30.3 Å². The molecule has 0 amide bonds. The normalized spacial score (nSPS) is 15.2. The maximum atomic E-state index is 12.0. The average Bonchev–Trinajstić information content (AvgIpc) is 2.37. The molecule has 1 aromatic rings. The zero-order valence-electron chi connectivity index (χ0n) is 9.53. The van der Waals surface area contributed by atoms with Crippen LogP contribution >= 0.6 is 0 Å². The Morgan fingerprint density at radius 2 is 1.84 bits per heavy atom. The Morgan fingerprint density at radius 3 is 2.47 bits per heavy atom. The lowest BCUT2D eigenvalue weighted by Crippen LogP contribution is -2.20. The second-order valence-electron chi connectivity index (χ2n) is 3.75. The van der Waals surface area contributed by atoms with Gasteiger partial charge in [-0.3, -0.25) is 4.79 Å². The number of aliphatic hydroxyl groups excluding tert-OH is 1.